The van der Waals surface area contributed by atoms with Crippen LogP contribution < -0.4 is 0 Å². The van der Waals surface area contributed by atoms with E-state index in [0.29, 0.717) is 10.7 Å². The van der Waals surface area contributed by atoms with E-state index in [1.807, 2.05) is 0 Å². The number of rotatable bonds is 4. The smallest absolute Gasteiger partial charge is 0.0426 e. The normalized spacial score (nSPS) is 19.0. The van der Waals surface area contributed by atoms with Gasteiger partial charge in [-0.1, -0.05) is 77.8 Å². The maximum atomic E-state index is 3.96. The highest BCUT2D eigenvalue weighted by Crippen LogP contribution is 2.39. The van der Waals surface area contributed by atoms with Gasteiger partial charge in [-0.15, -0.1) is 0 Å². The van der Waals surface area contributed by atoms with Gasteiger partial charge in [-0.05, 0) is 53.9 Å². The van der Waals surface area contributed by atoms with E-state index < -0.39 is 0 Å². The molecule has 21 heavy (non-hydrogen) atoms. The van der Waals surface area contributed by atoms with E-state index in [0.717, 1.165) is 0 Å². The Morgan fingerprint density at radius 3 is 2.48 bits per heavy atom. The Labute approximate surface area is 136 Å². The van der Waals surface area contributed by atoms with Gasteiger partial charge in [0.05, 0.1) is 0 Å². The zero-order chi connectivity index (χ0) is 14.7. The standard InChI is InChI=1S/C20H23Br/c1-2-5-15-8-10-17(11-9-15)20(21)19-13-12-16-6-3-4-7-18(16)14-19/h3-4,6-11,19-20H,2,5,12-14H2,1H3. The molecule has 0 aliphatic heterocycles. The molecule has 0 saturated heterocycles. The van der Waals surface area contributed by atoms with E-state index in [1.165, 1.54) is 43.2 Å². The maximum absolute atomic E-state index is 3.96. The molecule has 1 heteroatoms. The number of benzene rings is 2. The Hall–Kier alpha value is -1.08. The van der Waals surface area contributed by atoms with Crippen LogP contribution in [0.3, 0.4) is 0 Å². The molecule has 0 spiro atoms. The first-order valence-corrected chi connectivity index (χ1v) is 8.99. The van der Waals surface area contributed by atoms with E-state index in [4.69, 9.17) is 0 Å². The first-order valence-electron chi connectivity index (χ1n) is 8.07. The Balaban J connectivity index is 1.72. The predicted octanol–water partition coefficient (Wildman–Crippen LogP) is 5.88. The molecule has 110 valence electrons. The Bertz CT molecular complexity index is 585. The number of hydrogen-bond acceptors (Lipinski definition) is 0. The minimum Gasteiger partial charge on any atom is -0.0836 e. The monoisotopic (exact) mass is 342 g/mol. The zero-order valence-electron chi connectivity index (χ0n) is 12.7. The van der Waals surface area contributed by atoms with Crippen LogP contribution in [-0.2, 0) is 19.3 Å². The summed E-state index contributed by atoms with van der Waals surface area (Å²) in [7, 11) is 0. The van der Waals surface area contributed by atoms with Gasteiger partial charge in [0.1, 0.15) is 0 Å². The van der Waals surface area contributed by atoms with E-state index >= 15 is 0 Å². The van der Waals surface area contributed by atoms with Crippen molar-refractivity contribution in [3.8, 4) is 0 Å². The molecule has 2 aromatic rings. The van der Waals surface area contributed by atoms with Gasteiger partial charge in [0, 0.05) is 4.83 Å². The first-order chi connectivity index (χ1) is 10.3. The molecule has 1 aliphatic rings. The van der Waals surface area contributed by atoms with Gasteiger partial charge in [-0.3, -0.25) is 0 Å². The summed E-state index contributed by atoms with van der Waals surface area (Å²) in [5, 5.41) is 0. The summed E-state index contributed by atoms with van der Waals surface area (Å²) >= 11 is 3.96. The van der Waals surface area contributed by atoms with Crippen molar-refractivity contribution in [1.82, 2.24) is 0 Å². The highest BCUT2D eigenvalue weighted by atomic mass is 79.9. The van der Waals surface area contributed by atoms with E-state index in [2.05, 4.69) is 71.4 Å². The summed E-state index contributed by atoms with van der Waals surface area (Å²) in [6.07, 6.45) is 6.10. The highest BCUT2D eigenvalue weighted by Gasteiger charge is 2.25. The number of aryl methyl sites for hydroxylation is 2. The van der Waals surface area contributed by atoms with Crippen LogP contribution in [-0.4, -0.2) is 0 Å². The Kier molecular flexibility index (Phi) is 4.80. The van der Waals surface area contributed by atoms with E-state index in [9.17, 15) is 0 Å². The summed E-state index contributed by atoms with van der Waals surface area (Å²) < 4.78 is 0. The molecule has 0 nitrogen and oxygen atoms in total. The van der Waals surface area contributed by atoms with Crippen molar-refractivity contribution < 1.29 is 0 Å². The fraction of sp³-hybridized carbons (Fsp3) is 0.400. The highest BCUT2D eigenvalue weighted by molar-refractivity contribution is 9.09. The molecule has 0 fully saturated rings. The lowest BCUT2D eigenvalue weighted by molar-refractivity contribution is 0.453. The van der Waals surface area contributed by atoms with Crippen molar-refractivity contribution in [3.05, 3.63) is 70.8 Å². The van der Waals surface area contributed by atoms with E-state index in [-0.39, 0.29) is 0 Å². The van der Waals surface area contributed by atoms with Crippen molar-refractivity contribution in [2.75, 3.05) is 0 Å². The number of fused-ring (bicyclic) bond motifs is 1. The lowest BCUT2D eigenvalue weighted by atomic mass is 9.81. The minimum absolute atomic E-state index is 0.474. The second-order valence-corrected chi connectivity index (χ2v) is 7.15. The fourth-order valence-corrected chi connectivity index (χ4v) is 4.16. The molecular formula is C20H23Br. The molecule has 0 bridgehead atoms. The quantitative estimate of drug-likeness (QED) is 0.608. The molecule has 0 aromatic heterocycles. The Morgan fingerprint density at radius 2 is 1.76 bits per heavy atom. The van der Waals surface area contributed by atoms with Crippen LogP contribution in [0.15, 0.2) is 48.5 Å². The lowest BCUT2D eigenvalue weighted by Crippen LogP contribution is -2.18. The van der Waals surface area contributed by atoms with Gasteiger partial charge < -0.3 is 0 Å². The molecule has 3 rings (SSSR count). The number of alkyl halides is 1. The largest absolute Gasteiger partial charge is 0.0836 e. The lowest BCUT2D eigenvalue weighted by Gasteiger charge is -2.28. The van der Waals surface area contributed by atoms with Crippen LogP contribution in [0.1, 0.15) is 46.8 Å². The van der Waals surface area contributed by atoms with Crippen LogP contribution >= 0.6 is 15.9 Å². The zero-order valence-corrected chi connectivity index (χ0v) is 14.3. The Morgan fingerprint density at radius 1 is 1.05 bits per heavy atom. The summed E-state index contributed by atoms with van der Waals surface area (Å²) in [5.74, 6) is 0.705. The van der Waals surface area contributed by atoms with Crippen molar-refractivity contribution in [3.63, 3.8) is 0 Å². The van der Waals surface area contributed by atoms with Crippen LogP contribution in [0.2, 0.25) is 0 Å². The molecule has 2 unspecified atom stereocenters. The van der Waals surface area contributed by atoms with Gasteiger partial charge in [0.25, 0.3) is 0 Å². The molecule has 0 heterocycles. The van der Waals surface area contributed by atoms with Crippen LogP contribution in [0, 0.1) is 5.92 Å². The predicted molar refractivity (Wildman–Crippen MR) is 94.1 cm³/mol. The third-order valence-electron chi connectivity index (χ3n) is 4.64. The number of halogens is 1. The first kappa shape index (κ1) is 14.8. The van der Waals surface area contributed by atoms with Gasteiger partial charge in [0.15, 0.2) is 0 Å². The molecule has 1 aliphatic carbocycles. The summed E-state index contributed by atoms with van der Waals surface area (Å²) in [4.78, 5) is 0.474. The van der Waals surface area contributed by atoms with E-state index in [1.54, 1.807) is 11.1 Å². The molecule has 2 atom stereocenters. The van der Waals surface area contributed by atoms with Crippen molar-refractivity contribution in [1.29, 1.82) is 0 Å². The van der Waals surface area contributed by atoms with Gasteiger partial charge in [-0.25, -0.2) is 0 Å². The van der Waals surface area contributed by atoms with Crippen molar-refractivity contribution in [2.45, 2.75) is 43.9 Å². The van der Waals surface area contributed by atoms with Gasteiger partial charge in [-0.2, -0.15) is 0 Å². The van der Waals surface area contributed by atoms with Gasteiger partial charge >= 0.3 is 0 Å². The molecular weight excluding hydrogens is 320 g/mol. The van der Waals surface area contributed by atoms with Crippen LogP contribution in [0.25, 0.3) is 0 Å². The summed E-state index contributed by atoms with van der Waals surface area (Å²) in [6.45, 7) is 2.24. The summed E-state index contributed by atoms with van der Waals surface area (Å²) in [5.41, 5.74) is 5.97. The third kappa shape index (κ3) is 3.40. The third-order valence-corrected chi connectivity index (χ3v) is 5.91. The minimum atomic E-state index is 0.474. The second kappa shape index (κ2) is 6.79. The molecule has 0 N–H and O–H groups in total. The SMILES string of the molecule is CCCc1ccc(C(Br)C2CCc3ccccc3C2)cc1. The molecule has 0 saturated carbocycles. The second-order valence-electron chi connectivity index (χ2n) is 6.16. The van der Waals surface area contributed by atoms with Gasteiger partial charge in [0.2, 0.25) is 0 Å². The van der Waals surface area contributed by atoms with Crippen molar-refractivity contribution >= 4 is 15.9 Å². The summed E-state index contributed by atoms with van der Waals surface area (Å²) in [6, 6.07) is 18.1. The molecule has 0 radical (unpaired) electrons. The molecule has 2 aromatic carbocycles. The van der Waals surface area contributed by atoms with Crippen LogP contribution in [0.4, 0.5) is 0 Å². The maximum Gasteiger partial charge on any atom is 0.0426 e. The average Bonchev–Trinajstić information content (AvgIpc) is 2.55. The topological polar surface area (TPSA) is 0 Å². The number of hydrogen-bond donors (Lipinski definition) is 0. The van der Waals surface area contributed by atoms with Crippen LogP contribution in [0.5, 0.6) is 0 Å². The average molecular weight is 343 g/mol. The molecule has 0 amide bonds. The fourth-order valence-electron chi connectivity index (χ4n) is 3.40. The van der Waals surface area contributed by atoms with Crippen molar-refractivity contribution in [2.24, 2.45) is 5.92 Å².